The Morgan fingerprint density at radius 1 is 1.18 bits per heavy atom. The summed E-state index contributed by atoms with van der Waals surface area (Å²) in [6, 6.07) is 8.04. The van der Waals surface area contributed by atoms with Crippen LogP contribution in [-0.4, -0.2) is 44.8 Å². The molecular weight excluding hydrogens is 352 g/mol. The van der Waals surface area contributed by atoms with Crippen molar-refractivity contribution in [2.75, 3.05) is 13.7 Å². The number of aromatic nitrogens is 3. The fourth-order valence-corrected chi connectivity index (χ4v) is 3.30. The lowest BCUT2D eigenvalue weighted by atomic mass is 9.65. The highest BCUT2D eigenvalue weighted by Gasteiger charge is 2.53. The molecule has 152 valence electrons. The van der Waals surface area contributed by atoms with E-state index < -0.39 is 0 Å². The molecule has 1 N–H and O–H groups in total. The lowest BCUT2D eigenvalue weighted by Crippen LogP contribution is -2.72. The van der Waals surface area contributed by atoms with Crippen LogP contribution in [0.1, 0.15) is 44.9 Å². The Hall–Kier alpha value is -2.57. The number of aryl methyl sites for hydroxylation is 1. The molecule has 3 rings (SSSR count). The van der Waals surface area contributed by atoms with E-state index in [9.17, 15) is 0 Å². The summed E-state index contributed by atoms with van der Waals surface area (Å²) in [5.74, 6) is 3.56. The smallest absolute Gasteiger partial charge is 0.195 e. The van der Waals surface area contributed by atoms with Crippen LogP contribution in [0.25, 0.3) is 0 Å². The van der Waals surface area contributed by atoms with Gasteiger partial charge >= 0.3 is 0 Å². The minimum absolute atomic E-state index is 0.0224. The van der Waals surface area contributed by atoms with Crippen molar-refractivity contribution in [3.05, 3.63) is 41.5 Å². The minimum Gasteiger partial charge on any atom is -0.497 e. The summed E-state index contributed by atoms with van der Waals surface area (Å²) in [7, 11) is 3.66. The van der Waals surface area contributed by atoms with E-state index in [4.69, 9.17) is 9.73 Å². The molecule has 0 atom stereocenters. The van der Waals surface area contributed by atoms with Crippen molar-refractivity contribution < 1.29 is 4.74 Å². The van der Waals surface area contributed by atoms with Gasteiger partial charge in [0, 0.05) is 24.5 Å². The molecule has 0 spiro atoms. The van der Waals surface area contributed by atoms with Gasteiger partial charge in [0.05, 0.1) is 20.2 Å². The molecule has 1 saturated heterocycles. The number of guanidine groups is 1. The van der Waals surface area contributed by atoms with Crippen LogP contribution in [0.2, 0.25) is 0 Å². The van der Waals surface area contributed by atoms with Gasteiger partial charge in [0.2, 0.25) is 0 Å². The van der Waals surface area contributed by atoms with E-state index in [1.54, 1.807) is 7.11 Å². The second-order valence-corrected chi connectivity index (χ2v) is 8.59. The second-order valence-electron chi connectivity index (χ2n) is 8.59. The molecule has 0 saturated carbocycles. The molecule has 7 heteroatoms. The first-order chi connectivity index (χ1) is 13.2. The van der Waals surface area contributed by atoms with Crippen molar-refractivity contribution in [2.45, 2.75) is 53.2 Å². The summed E-state index contributed by atoms with van der Waals surface area (Å²) in [6.45, 7) is 13.3. The Morgan fingerprint density at radius 2 is 1.86 bits per heavy atom. The maximum atomic E-state index is 5.24. The Bertz CT molecular complexity index is 850. The number of likely N-dealkylation sites (tertiary alicyclic amines) is 1. The van der Waals surface area contributed by atoms with Crippen LogP contribution >= 0.6 is 0 Å². The van der Waals surface area contributed by atoms with E-state index in [1.807, 2.05) is 30.7 Å². The van der Waals surface area contributed by atoms with Crippen molar-refractivity contribution >= 4 is 5.96 Å². The maximum absolute atomic E-state index is 5.24. The summed E-state index contributed by atoms with van der Waals surface area (Å²) < 4.78 is 7.24. The number of hydrogen-bond donors (Lipinski definition) is 1. The third kappa shape index (κ3) is 3.70. The number of ether oxygens (including phenoxy) is 1. The first-order valence-electron chi connectivity index (χ1n) is 9.69. The number of rotatable bonds is 5. The standard InChI is InChI=1S/C21H32N6O/c1-15-24-25-18(26(15)6)13-23-19(27-14-20(2,3)21(27,4)5)22-12-16-8-10-17(28-7)11-9-16/h8-11H,12-14H2,1-7H3,(H,22,23). The monoisotopic (exact) mass is 384 g/mol. The Kier molecular flexibility index (Phi) is 5.37. The maximum Gasteiger partial charge on any atom is 0.195 e. The number of methoxy groups -OCH3 is 1. The van der Waals surface area contributed by atoms with Crippen LogP contribution in [0.4, 0.5) is 0 Å². The fourth-order valence-electron chi connectivity index (χ4n) is 3.30. The van der Waals surface area contributed by atoms with Crippen molar-refractivity contribution in [1.29, 1.82) is 0 Å². The number of hydrogen-bond acceptors (Lipinski definition) is 4. The second kappa shape index (κ2) is 7.45. The zero-order valence-electron chi connectivity index (χ0n) is 18.1. The van der Waals surface area contributed by atoms with E-state index in [1.165, 1.54) is 0 Å². The summed E-state index contributed by atoms with van der Waals surface area (Å²) in [5.41, 5.74) is 1.40. The van der Waals surface area contributed by atoms with Gasteiger partial charge in [-0.2, -0.15) is 0 Å². The molecule has 0 bridgehead atoms. The largest absolute Gasteiger partial charge is 0.497 e. The lowest BCUT2D eigenvalue weighted by molar-refractivity contribution is -0.0669. The van der Waals surface area contributed by atoms with Gasteiger partial charge in [0.1, 0.15) is 11.6 Å². The zero-order valence-corrected chi connectivity index (χ0v) is 18.1. The van der Waals surface area contributed by atoms with Gasteiger partial charge in [0.15, 0.2) is 11.8 Å². The molecular formula is C21H32N6O. The molecule has 1 aromatic heterocycles. The first-order valence-corrected chi connectivity index (χ1v) is 9.69. The van der Waals surface area contributed by atoms with Crippen LogP contribution in [0, 0.1) is 12.3 Å². The Morgan fingerprint density at radius 3 is 2.36 bits per heavy atom. The molecule has 28 heavy (non-hydrogen) atoms. The molecule has 2 heterocycles. The molecule has 0 aliphatic carbocycles. The van der Waals surface area contributed by atoms with Crippen LogP contribution < -0.4 is 10.1 Å². The summed E-state index contributed by atoms with van der Waals surface area (Å²) >= 11 is 0. The van der Waals surface area contributed by atoms with Crippen LogP contribution in [0.5, 0.6) is 5.75 Å². The minimum atomic E-state index is 0.0224. The number of aliphatic imine (C=N–C) groups is 1. The Balaban J connectivity index is 1.78. The van der Waals surface area contributed by atoms with Gasteiger partial charge in [-0.1, -0.05) is 26.0 Å². The van der Waals surface area contributed by atoms with E-state index in [-0.39, 0.29) is 11.0 Å². The van der Waals surface area contributed by atoms with E-state index in [0.29, 0.717) is 13.1 Å². The average Bonchev–Trinajstić information content (AvgIpc) is 2.99. The molecule has 1 fully saturated rings. The summed E-state index contributed by atoms with van der Waals surface area (Å²) in [6.07, 6.45) is 0. The molecule has 0 radical (unpaired) electrons. The van der Waals surface area contributed by atoms with E-state index in [0.717, 1.165) is 35.5 Å². The first kappa shape index (κ1) is 20.2. The third-order valence-electron chi connectivity index (χ3n) is 6.30. The predicted octanol–water partition coefficient (Wildman–Crippen LogP) is 2.90. The Labute approximate surface area is 167 Å². The van der Waals surface area contributed by atoms with E-state index >= 15 is 0 Å². The third-order valence-corrected chi connectivity index (χ3v) is 6.30. The van der Waals surface area contributed by atoms with Gasteiger partial charge in [-0.3, -0.25) is 0 Å². The van der Waals surface area contributed by atoms with Crippen LogP contribution in [0.15, 0.2) is 29.3 Å². The van der Waals surface area contributed by atoms with E-state index in [2.05, 4.69) is 60.2 Å². The summed E-state index contributed by atoms with van der Waals surface area (Å²) in [5, 5.41) is 11.9. The highest BCUT2D eigenvalue weighted by atomic mass is 16.5. The van der Waals surface area contributed by atoms with Crippen molar-refractivity contribution in [3.63, 3.8) is 0 Å². The zero-order chi connectivity index (χ0) is 20.5. The number of benzene rings is 1. The molecule has 0 amide bonds. The molecule has 7 nitrogen and oxygen atoms in total. The predicted molar refractivity (Wildman–Crippen MR) is 111 cm³/mol. The molecule has 2 aromatic rings. The molecule has 1 aromatic carbocycles. The van der Waals surface area contributed by atoms with Crippen molar-refractivity contribution in [1.82, 2.24) is 25.0 Å². The SMILES string of the molecule is COc1ccc(CN=C(NCc2nnc(C)n2C)N2CC(C)(C)C2(C)C)cc1. The normalized spacial score (nSPS) is 18.0. The average molecular weight is 385 g/mol. The van der Waals surface area contributed by atoms with Crippen molar-refractivity contribution in [2.24, 2.45) is 17.5 Å². The van der Waals surface area contributed by atoms with Gasteiger partial charge in [0.25, 0.3) is 0 Å². The van der Waals surface area contributed by atoms with Gasteiger partial charge in [-0.25, -0.2) is 4.99 Å². The van der Waals surface area contributed by atoms with Crippen LogP contribution in [-0.2, 0) is 20.1 Å². The fraction of sp³-hybridized carbons (Fsp3) is 0.571. The topological polar surface area (TPSA) is 67.6 Å². The van der Waals surface area contributed by atoms with Crippen LogP contribution in [0.3, 0.4) is 0 Å². The summed E-state index contributed by atoms with van der Waals surface area (Å²) in [4.78, 5) is 7.26. The molecule has 1 aliphatic heterocycles. The molecule has 1 aliphatic rings. The molecule has 0 unspecified atom stereocenters. The lowest BCUT2D eigenvalue weighted by Gasteiger charge is -2.62. The van der Waals surface area contributed by atoms with Gasteiger partial charge < -0.3 is 19.5 Å². The quantitative estimate of drug-likeness (QED) is 0.634. The highest BCUT2D eigenvalue weighted by Crippen LogP contribution is 2.46. The van der Waals surface area contributed by atoms with Gasteiger partial charge in [-0.05, 0) is 38.5 Å². The van der Waals surface area contributed by atoms with Gasteiger partial charge in [-0.15, -0.1) is 10.2 Å². The number of nitrogens with one attached hydrogen (secondary N) is 1. The van der Waals surface area contributed by atoms with Crippen molar-refractivity contribution in [3.8, 4) is 5.75 Å². The highest BCUT2D eigenvalue weighted by molar-refractivity contribution is 5.82. The number of nitrogens with zero attached hydrogens (tertiary/aromatic N) is 5.